The number of aliphatic hydroxyl groups excluding tert-OH is 1. The molecule has 1 unspecified atom stereocenters. The van der Waals surface area contributed by atoms with Crippen molar-refractivity contribution in [2.75, 3.05) is 19.6 Å². The molecule has 2 fully saturated rings. The predicted molar refractivity (Wildman–Crippen MR) is 79.8 cm³/mol. The minimum Gasteiger partial charge on any atom is -0.405 e. The number of benzene rings is 1. The van der Waals surface area contributed by atoms with E-state index in [0.717, 1.165) is 6.07 Å². The summed E-state index contributed by atoms with van der Waals surface area (Å²) in [5.41, 5.74) is -0.566. The lowest BCUT2D eigenvalue weighted by molar-refractivity contribution is -0.274. The quantitative estimate of drug-likeness (QED) is 0.833. The standard InChI is InChI=1S/C16H17F3N2O4/c1-9-2-3-11(12(4-9)25-16(17,18)19)13(23)21-7-15(8-21)5-10(22)6-20-14(15)24/h2-4,10,22H,5-8H2,1H3,(H,20,24). The number of aliphatic hydroxyl groups is 1. The molecule has 0 aliphatic carbocycles. The maximum absolute atomic E-state index is 12.6. The monoisotopic (exact) mass is 358 g/mol. The summed E-state index contributed by atoms with van der Waals surface area (Å²) in [7, 11) is 0. The van der Waals surface area contributed by atoms with Crippen molar-refractivity contribution < 1.29 is 32.6 Å². The molecule has 0 radical (unpaired) electrons. The summed E-state index contributed by atoms with van der Waals surface area (Å²) >= 11 is 0. The van der Waals surface area contributed by atoms with E-state index in [-0.39, 0.29) is 37.5 Å². The number of hydrogen-bond donors (Lipinski definition) is 2. The van der Waals surface area contributed by atoms with Crippen LogP contribution in [0.25, 0.3) is 0 Å². The fraction of sp³-hybridized carbons (Fsp3) is 0.500. The molecule has 6 nitrogen and oxygen atoms in total. The molecule has 2 saturated heterocycles. The third-order valence-corrected chi connectivity index (χ3v) is 4.47. The maximum atomic E-state index is 12.6. The Kier molecular flexibility index (Phi) is 4.14. The summed E-state index contributed by atoms with van der Waals surface area (Å²) in [6.45, 7) is 1.85. The maximum Gasteiger partial charge on any atom is 0.573 e. The van der Waals surface area contributed by atoms with E-state index in [1.807, 2.05) is 0 Å². The van der Waals surface area contributed by atoms with E-state index in [4.69, 9.17) is 0 Å². The molecule has 25 heavy (non-hydrogen) atoms. The summed E-state index contributed by atoms with van der Waals surface area (Å²) in [6, 6.07) is 3.94. The molecule has 2 aliphatic rings. The average Bonchev–Trinajstić information content (AvgIpc) is 2.45. The molecule has 9 heteroatoms. The topological polar surface area (TPSA) is 78.9 Å². The number of ether oxygens (including phenoxy) is 1. The van der Waals surface area contributed by atoms with Crippen molar-refractivity contribution >= 4 is 11.8 Å². The van der Waals surface area contributed by atoms with Gasteiger partial charge in [-0.25, -0.2) is 0 Å². The summed E-state index contributed by atoms with van der Waals surface area (Å²) in [5, 5.41) is 12.3. The van der Waals surface area contributed by atoms with Crippen LogP contribution in [0.2, 0.25) is 0 Å². The molecule has 1 aromatic carbocycles. The molecule has 1 spiro atoms. The average molecular weight is 358 g/mol. The SMILES string of the molecule is Cc1ccc(C(=O)N2CC3(CC(O)CNC3=O)C2)c(OC(F)(F)F)c1. The zero-order valence-corrected chi connectivity index (χ0v) is 13.4. The Morgan fingerprint density at radius 1 is 1.40 bits per heavy atom. The van der Waals surface area contributed by atoms with Gasteiger partial charge in [0, 0.05) is 19.6 Å². The Labute approximate surface area is 141 Å². The molecule has 136 valence electrons. The molecular weight excluding hydrogens is 341 g/mol. The highest BCUT2D eigenvalue weighted by atomic mass is 19.4. The lowest BCUT2D eigenvalue weighted by Gasteiger charge is -2.51. The van der Waals surface area contributed by atoms with Crippen molar-refractivity contribution in [3.8, 4) is 5.75 Å². The van der Waals surface area contributed by atoms with Gasteiger partial charge in [0.05, 0.1) is 17.1 Å². The normalized spacial score (nSPS) is 22.4. The summed E-state index contributed by atoms with van der Waals surface area (Å²) in [5.74, 6) is -1.46. The first-order valence-electron chi connectivity index (χ1n) is 7.72. The zero-order chi connectivity index (χ0) is 18.4. The number of aryl methyl sites for hydroxylation is 1. The van der Waals surface area contributed by atoms with Crippen LogP contribution in [0.5, 0.6) is 5.75 Å². The van der Waals surface area contributed by atoms with Gasteiger partial charge in [0.25, 0.3) is 5.91 Å². The van der Waals surface area contributed by atoms with Gasteiger partial charge in [-0.05, 0) is 31.0 Å². The molecule has 2 aliphatic heterocycles. The second kappa shape index (κ2) is 5.91. The van der Waals surface area contributed by atoms with Crippen LogP contribution in [-0.2, 0) is 4.79 Å². The number of carbonyl (C=O) groups is 2. The van der Waals surface area contributed by atoms with Crippen LogP contribution in [0, 0.1) is 12.3 Å². The molecule has 0 aromatic heterocycles. The minimum absolute atomic E-state index is 0.0497. The molecular formula is C16H17F3N2O4. The highest BCUT2D eigenvalue weighted by molar-refractivity contribution is 5.99. The zero-order valence-electron chi connectivity index (χ0n) is 13.4. The number of likely N-dealkylation sites (tertiary alicyclic amines) is 1. The van der Waals surface area contributed by atoms with Crippen LogP contribution >= 0.6 is 0 Å². The van der Waals surface area contributed by atoms with Gasteiger partial charge in [0.2, 0.25) is 5.91 Å². The number of amides is 2. The summed E-state index contributed by atoms with van der Waals surface area (Å²) < 4.78 is 41.7. The van der Waals surface area contributed by atoms with Gasteiger partial charge in [0.1, 0.15) is 5.75 Å². The molecule has 1 aromatic rings. The number of nitrogens with one attached hydrogen (secondary N) is 1. The summed E-state index contributed by atoms with van der Waals surface area (Å²) in [4.78, 5) is 25.8. The first kappa shape index (κ1) is 17.5. The number of piperidine rings is 1. The largest absolute Gasteiger partial charge is 0.573 e. The second-order valence-electron chi connectivity index (χ2n) is 6.56. The molecule has 0 bridgehead atoms. The van der Waals surface area contributed by atoms with Gasteiger partial charge in [0.15, 0.2) is 0 Å². The highest BCUT2D eigenvalue weighted by Gasteiger charge is 2.54. The number of carbonyl (C=O) groups excluding carboxylic acids is 2. The molecule has 0 saturated carbocycles. The minimum atomic E-state index is -4.91. The van der Waals surface area contributed by atoms with Gasteiger partial charge in [-0.3, -0.25) is 9.59 Å². The second-order valence-corrected chi connectivity index (χ2v) is 6.56. The number of β-amino-alcohol motifs (C(OH)–C–C–N with tert-alkyl or cyclic N) is 1. The summed E-state index contributed by atoms with van der Waals surface area (Å²) in [6.07, 6.45) is -5.38. The fourth-order valence-corrected chi connectivity index (χ4v) is 3.30. The van der Waals surface area contributed by atoms with Crippen LogP contribution in [0.3, 0.4) is 0 Å². The van der Waals surface area contributed by atoms with E-state index in [1.165, 1.54) is 17.0 Å². The smallest absolute Gasteiger partial charge is 0.405 e. The van der Waals surface area contributed by atoms with Crippen molar-refractivity contribution in [3.63, 3.8) is 0 Å². The van der Waals surface area contributed by atoms with Crippen molar-refractivity contribution in [2.45, 2.75) is 25.8 Å². The number of hydrogen-bond acceptors (Lipinski definition) is 4. The van der Waals surface area contributed by atoms with Gasteiger partial charge < -0.3 is 20.1 Å². The van der Waals surface area contributed by atoms with Gasteiger partial charge in [-0.1, -0.05) is 6.07 Å². The van der Waals surface area contributed by atoms with Crippen LogP contribution in [-0.4, -0.2) is 53.9 Å². The van der Waals surface area contributed by atoms with Gasteiger partial charge in [-0.15, -0.1) is 13.2 Å². The van der Waals surface area contributed by atoms with Gasteiger partial charge >= 0.3 is 6.36 Å². The van der Waals surface area contributed by atoms with Crippen LogP contribution < -0.4 is 10.1 Å². The van der Waals surface area contributed by atoms with E-state index in [0.29, 0.717) is 5.56 Å². The Bertz CT molecular complexity index is 714. The fourth-order valence-electron chi connectivity index (χ4n) is 3.30. The predicted octanol–water partition coefficient (Wildman–Crippen LogP) is 1.22. The lowest BCUT2D eigenvalue weighted by atomic mass is 9.72. The van der Waals surface area contributed by atoms with Crippen LogP contribution in [0.1, 0.15) is 22.3 Å². The van der Waals surface area contributed by atoms with Crippen molar-refractivity contribution in [2.24, 2.45) is 5.41 Å². The Hall–Kier alpha value is -2.29. The first-order chi connectivity index (χ1) is 11.6. The molecule has 3 rings (SSSR count). The molecule has 2 amide bonds. The van der Waals surface area contributed by atoms with E-state index in [1.54, 1.807) is 6.92 Å². The Morgan fingerprint density at radius 2 is 2.08 bits per heavy atom. The van der Waals surface area contributed by atoms with Crippen molar-refractivity contribution in [3.05, 3.63) is 29.3 Å². The molecule has 1 atom stereocenters. The number of alkyl halides is 3. The van der Waals surface area contributed by atoms with E-state index >= 15 is 0 Å². The van der Waals surface area contributed by atoms with Gasteiger partial charge in [-0.2, -0.15) is 0 Å². The Morgan fingerprint density at radius 3 is 2.72 bits per heavy atom. The number of rotatable bonds is 2. The molecule has 2 heterocycles. The third-order valence-electron chi connectivity index (χ3n) is 4.47. The van der Waals surface area contributed by atoms with E-state index in [2.05, 4.69) is 10.1 Å². The number of halogens is 3. The van der Waals surface area contributed by atoms with E-state index < -0.39 is 29.5 Å². The molecule has 2 N–H and O–H groups in total. The lowest BCUT2D eigenvalue weighted by Crippen LogP contribution is -2.68. The van der Waals surface area contributed by atoms with E-state index in [9.17, 15) is 27.9 Å². The van der Waals surface area contributed by atoms with Crippen LogP contribution in [0.4, 0.5) is 13.2 Å². The number of nitrogens with zero attached hydrogens (tertiary/aromatic N) is 1. The first-order valence-corrected chi connectivity index (χ1v) is 7.72. The van der Waals surface area contributed by atoms with Crippen LogP contribution in [0.15, 0.2) is 18.2 Å². The third kappa shape index (κ3) is 3.41. The van der Waals surface area contributed by atoms with Crippen molar-refractivity contribution in [1.29, 1.82) is 0 Å². The van der Waals surface area contributed by atoms with Crippen molar-refractivity contribution in [1.82, 2.24) is 10.2 Å². The Balaban J connectivity index is 1.78. The highest BCUT2D eigenvalue weighted by Crippen LogP contribution is 2.39.